The number of rotatable bonds is 7. The highest BCUT2D eigenvalue weighted by Gasteiger charge is 2.57. The van der Waals surface area contributed by atoms with Crippen molar-refractivity contribution >= 4 is 11.7 Å². The Labute approximate surface area is 175 Å². The fourth-order valence-corrected chi connectivity index (χ4v) is 3.82. The van der Waals surface area contributed by atoms with Gasteiger partial charge in [0.15, 0.2) is 0 Å². The number of ether oxygens (including phenoxy) is 2. The maximum Gasteiger partial charge on any atom is 0.366 e. The molecule has 2 N–H and O–H groups in total. The number of para-hydroxylation sites is 1. The van der Waals surface area contributed by atoms with Crippen molar-refractivity contribution in [3.8, 4) is 0 Å². The van der Waals surface area contributed by atoms with Crippen molar-refractivity contribution in [3.05, 3.63) is 75.8 Å². The summed E-state index contributed by atoms with van der Waals surface area (Å²) in [6, 6.07) is 14.9. The zero-order chi connectivity index (χ0) is 21.9. The predicted molar refractivity (Wildman–Crippen MR) is 110 cm³/mol. The van der Waals surface area contributed by atoms with Gasteiger partial charge in [-0.05, 0) is 25.1 Å². The third kappa shape index (κ3) is 4.07. The quantitative estimate of drug-likeness (QED) is 0.528. The predicted octanol–water partition coefficient (Wildman–Crippen LogP) is 3.32. The molecule has 0 spiro atoms. The van der Waals surface area contributed by atoms with Gasteiger partial charge in [-0.2, -0.15) is 0 Å². The Morgan fingerprint density at radius 2 is 1.87 bits per heavy atom. The molecule has 3 atom stereocenters. The summed E-state index contributed by atoms with van der Waals surface area (Å²) in [6.45, 7) is 3.74. The van der Waals surface area contributed by atoms with E-state index in [9.17, 15) is 20.0 Å². The first-order chi connectivity index (χ1) is 14.2. The van der Waals surface area contributed by atoms with Crippen molar-refractivity contribution in [2.45, 2.75) is 38.2 Å². The molecule has 1 heterocycles. The SMILES string of the molecule is CN[C@@H](Cc1ccccc1)C1(C(=O)O)OCC(C)(C)C(c2ccccc2[N+](=O)[O-])O1. The van der Waals surface area contributed by atoms with E-state index in [1.54, 1.807) is 25.2 Å². The van der Waals surface area contributed by atoms with Crippen LogP contribution in [-0.4, -0.2) is 41.5 Å². The highest BCUT2D eigenvalue weighted by atomic mass is 16.7. The molecule has 3 rings (SSSR count). The van der Waals surface area contributed by atoms with Crippen molar-refractivity contribution in [3.63, 3.8) is 0 Å². The van der Waals surface area contributed by atoms with Crippen LogP contribution in [0.15, 0.2) is 54.6 Å². The zero-order valence-electron chi connectivity index (χ0n) is 17.2. The van der Waals surface area contributed by atoms with Crippen molar-refractivity contribution in [1.82, 2.24) is 5.32 Å². The van der Waals surface area contributed by atoms with Crippen LogP contribution in [0.25, 0.3) is 0 Å². The number of carboxylic acid groups (broad SMARTS) is 1. The number of carbonyl (C=O) groups is 1. The minimum absolute atomic E-state index is 0.0585. The maximum absolute atomic E-state index is 12.4. The van der Waals surface area contributed by atoms with Gasteiger partial charge in [-0.25, -0.2) is 4.79 Å². The van der Waals surface area contributed by atoms with Crippen LogP contribution in [0.3, 0.4) is 0 Å². The van der Waals surface area contributed by atoms with E-state index >= 15 is 0 Å². The zero-order valence-corrected chi connectivity index (χ0v) is 17.2. The molecule has 1 aliphatic rings. The normalized spacial score (nSPS) is 24.2. The van der Waals surface area contributed by atoms with Crippen LogP contribution in [0, 0.1) is 15.5 Å². The lowest BCUT2D eigenvalue weighted by Crippen LogP contribution is -2.64. The summed E-state index contributed by atoms with van der Waals surface area (Å²) in [6.07, 6.45) is -0.510. The summed E-state index contributed by atoms with van der Waals surface area (Å²) in [5.41, 5.74) is 0.449. The average Bonchev–Trinajstić information content (AvgIpc) is 2.73. The number of aliphatic carboxylic acids is 1. The summed E-state index contributed by atoms with van der Waals surface area (Å²) in [7, 11) is 1.64. The Kier molecular flexibility index (Phi) is 6.21. The van der Waals surface area contributed by atoms with E-state index in [0.717, 1.165) is 5.56 Å². The van der Waals surface area contributed by atoms with Gasteiger partial charge >= 0.3 is 5.97 Å². The van der Waals surface area contributed by atoms with Crippen LogP contribution < -0.4 is 5.32 Å². The molecule has 8 nitrogen and oxygen atoms in total. The van der Waals surface area contributed by atoms with E-state index in [-0.39, 0.29) is 12.3 Å². The Bertz CT molecular complexity index is 917. The van der Waals surface area contributed by atoms with Gasteiger partial charge < -0.3 is 19.9 Å². The Morgan fingerprint density at radius 3 is 2.47 bits per heavy atom. The van der Waals surface area contributed by atoms with Crippen molar-refractivity contribution in [2.24, 2.45) is 5.41 Å². The summed E-state index contributed by atoms with van der Waals surface area (Å²) in [5, 5.41) is 24.8. The third-order valence-electron chi connectivity index (χ3n) is 5.47. The largest absolute Gasteiger partial charge is 0.477 e. The highest BCUT2D eigenvalue weighted by Crippen LogP contribution is 2.48. The minimum Gasteiger partial charge on any atom is -0.477 e. The molecular formula is C22H26N2O6. The van der Waals surface area contributed by atoms with Crippen molar-refractivity contribution in [2.75, 3.05) is 13.7 Å². The molecule has 1 saturated heterocycles. The van der Waals surface area contributed by atoms with Crippen LogP contribution in [0.1, 0.15) is 31.1 Å². The van der Waals surface area contributed by atoms with Gasteiger partial charge in [0, 0.05) is 11.5 Å². The highest BCUT2D eigenvalue weighted by molar-refractivity contribution is 5.77. The minimum atomic E-state index is -2.01. The Balaban J connectivity index is 2.04. The summed E-state index contributed by atoms with van der Waals surface area (Å²) >= 11 is 0. The maximum atomic E-state index is 12.4. The van der Waals surface area contributed by atoms with Gasteiger partial charge in [0.2, 0.25) is 0 Å². The van der Waals surface area contributed by atoms with Gasteiger partial charge in [0.05, 0.1) is 23.1 Å². The van der Waals surface area contributed by atoms with Crippen LogP contribution in [0.4, 0.5) is 5.69 Å². The van der Waals surface area contributed by atoms with Crippen LogP contribution in [0.5, 0.6) is 0 Å². The van der Waals surface area contributed by atoms with Gasteiger partial charge in [0.1, 0.15) is 6.10 Å². The molecule has 2 unspecified atom stereocenters. The molecule has 0 bridgehead atoms. The lowest BCUT2D eigenvalue weighted by atomic mass is 9.80. The van der Waals surface area contributed by atoms with E-state index in [0.29, 0.717) is 12.0 Å². The molecule has 0 amide bonds. The van der Waals surface area contributed by atoms with E-state index in [1.807, 2.05) is 44.2 Å². The molecule has 0 aliphatic carbocycles. The second kappa shape index (κ2) is 8.51. The summed E-state index contributed by atoms with van der Waals surface area (Å²) in [4.78, 5) is 23.6. The number of benzene rings is 2. The van der Waals surface area contributed by atoms with Gasteiger partial charge in [0.25, 0.3) is 11.5 Å². The molecule has 30 heavy (non-hydrogen) atoms. The fraction of sp³-hybridized carbons (Fsp3) is 0.409. The third-order valence-corrected chi connectivity index (χ3v) is 5.47. The molecule has 1 aliphatic heterocycles. The fourth-order valence-electron chi connectivity index (χ4n) is 3.82. The van der Waals surface area contributed by atoms with Gasteiger partial charge in [-0.3, -0.25) is 10.1 Å². The summed E-state index contributed by atoms with van der Waals surface area (Å²) < 4.78 is 12.0. The van der Waals surface area contributed by atoms with Crippen LogP contribution in [0.2, 0.25) is 0 Å². The Hall–Kier alpha value is -2.81. The molecular weight excluding hydrogens is 388 g/mol. The monoisotopic (exact) mass is 414 g/mol. The standard InChI is InChI=1S/C22H26N2O6/c1-21(2)14-29-22(20(25)26,18(23-3)13-15-9-5-4-6-10-15)30-19(21)16-11-7-8-12-17(16)24(27)28/h4-12,18-19,23H,13-14H2,1-3H3,(H,25,26)/t18-,19?,22?/m0/s1. The first-order valence-electron chi connectivity index (χ1n) is 9.71. The molecule has 0 radical (unpaired) electrons. The molecule has 160 valence electrons. The average molecular weight is 414 g/mol. The number of nitrogens with one attached hydrogen (secondary N) is 1. The van der Waals surface area contributed by atoms with E-state index in [4.69, 9.17) is 9.47 Å². The number of nitrogens with zero attached hydrogens (tertiary/aromatic N) is 1. The van der Waals surface area contributed by atoms with Crippen molar-refractivity contribution < 1.29 is 24.3 Å². The Morgan fingerprint density at radius 1 is 1.23 bits per heavy atom. The van der Waals surface area contributed by atoms with Gasteiger partial charge in [-0.1, -0.05) is 56.3 Å². The number of hydrogen-bond donors (Lipinski definition) is 2. The molecule has 8 heteroatoms. The molecule has 2 aromatic rings. The molecule has 2 aromatic carbocycles. The second-order valence-corrected chi connectivity index (χ2v) is 8.09. The number of carboxylic acids is 1. The summed E-state index contributed by atoms with van der Waals surface area (Å²) in [5.74, 6) is -3.29. The smallest absolute Gasteiger partial charge is 0.366 e. The number of likely N-dealkylation sites (N-methyl/N-ethyl adjacent to an activating group) is 1. The van der Waals surface area contributed by atoms with E-state index < -0.39 is 34.2 Å². The van der Waals surface area contributed by atoms with Crippen LogP contribution >= 0.6 is 0 Å². The number of nitro groups is 1. The van der Waals surface area contributed by atoms with Gasteiger partial charge in [-0.15, -0.1) is 0 Å². The molecule has 0 saturated carbocycles. The topological polar surface area (TPSA) is 111 Å². The molecule has 1 fully saturated rings. The number of hydrogen-bond acceptors (Lipinski definition) is 6. The van der Waals surface area contributed by atoms with Crippen molar-refractivity contribution in [1.29, 1.82) is 0 Å². The molecule has 0 aromatic heterocycles. The lowest BCUT2D eigenvalue weighted by Gasteiger charge is -2.49. The van der Waals surface area contributed by atoms with E-state index in [1.165, 1.54) is 6.07 Å². The lowest BCUT2D eigenvalue weighted by molar-refractivity contribution is -0.389. The first kappa shape index (κ1) is 21.9. The first-order valence-corrected chi connectivity index (χ1v) is 9.71. The van der Waals surface area contributed by atoms with E-state index in [2.05, 4.69) is 5.32 Å². The number of nitro benzene ring substituents is 1. The van der Waals surface area contributed by atoms with Crippen LogP contribution in [-0.2, 0) is 20.7 Å². The second-order valence-electron chi connectivity index (χ2n) is 8.09.